The van der Waals surface area contributed by atoms with Crippen LogP contribution >= 0.6 is 0 Å². The standard InChI is InChI=1S/C16H24O6/c17-6-13(19)21-7-14(20)22-10-16-4-11-1-12(5-16)3-15(2-11,8-16)9-18/h11-12,17-18H,1-10H2. The average molecular weight is 312 g/mol. The van der Waals surface area contributed by atoms with Gasteiger partial charge in [-0.2, -0.15) is 0 Å². The quantitative estimate of drug-likeness (QED) is 0.699. The molecule has 2 atom stereocenters. The summed E-state index contributed by atoms with van der Waals surface area (Å²) in [6.45, 7) is -0.617. The summed E-state index contributed by atoms with van der Waals surface area (Å²) in [4.78, 5) is 22.5. The van der Waals surface area contributed by atoms with Gasteiger partial charge in [0.25, 0.3) is 0 Å². The number of ether oxygens (including phenoxy) is 2. The van der Waals surface area contributed by atoms with Gasteiger partial charge in [-0.3, -0.25) is 0 Å². The Morgan fingerprint density at radius 2 is 1.59 bits per heavy atom. The van der Waals surface area contributed by atoms with Gasteiger partial charge in [0, 0.05) is 12.0 Å². The lowest BCUT2D eigenvalue weighted by Gasteiger charge is -2.61. The summed E-state index contributed by atoms with van der Waals surface area (Å²) >= 11 is 0. The zero-order valence-electron chi connectivity index (χ0n) is 12.8. The summed E-state index contributed by atoms with van der Waals surface area (Å²) in [7, 11) is 0. The van der Waals surface area contributed by atoms with Crippen LogP contribution in [0.1, 0.15) is 38.5 Å². The Balaban J connectivity index is 1.56. The highest BCUT2D eigenvalue weighted by molar-refractivity contribution is 5.76. The largest absolute Gasteiger partial charge is 0.463 e. The van der Waals surface area contributed by atoms with Gasteiger partial charge in [0.2, 0.25) is 0 Å². The number of rotatable bonds is 6. The summed E-state index contributed by atoms with van der Waals surface area (Å²) in [5.41, 5.74) is 0.0172. The van der Waals surface area contributed by atoms with E-state index in [2.05, 4.69) is 4.74 Å². The Morgan fingerprint density at radius 3 is 2.18 bits per heavy atom. The second kappa shape index (κ2) is 5.81. The third-order valence-corrected chi connectivity index (χ3v) is 5.66. The fourth-order valence-corrected chi connectivity index (χ4v) is 5.46. The molecule has 4 rings (SSSR count). The SMILES string of the molecule is O=C(CO)OCC(=O)OCC12CC3CC(CC(CO)(C3)C1)C2. The third kappa shape index (κ3) is 2.99. The van der Waals surface area contributed by atoms with Crippen molar-refractivity contribution in [2.24, 2.45) is 22.7 Å². The van der Waals surface area contributed by atoms with Gasteiger partial charge < -0.3 is 19.7 Å². The van der Waals surface area contributed by atoms with E-state index < -0.39 is 25.2 Å². The lowest BCUT2D eigenvalue weighted by Crippen LogP contribution is -2.55. The fraction of sp³-hybridized carbons (Fsp3) is 0.875. The molecule has 0 amide bonds. The minimum Gasteiger partial charge on any atom is -0.463 e. The van der Waals surface area contributed by atoms with Gasteiger partial charge in [0.1, 0.15) is 6.61 Å². The fourth-order valence-electron chi connectivity index (χ4n) is 5.46. The number of aliphatic hydroxyl groups excluding tert-OH is 2. The number of aliphatic hydroxyl groups is 2. The molecule has 0 aromatic heterocycles. The molecule has 0 radical (unpaired) electrons. The van der Waals surface area contributed by atoms with Crippen molar-refractivity contribution in [1.29, 1.82) is 0 Å². The van der Waals surface area contributed by atoms with Crippen molar-refractivity contribution >= 4 is 11.9 Å². The minimum absolute atomic E-state index is 0.0105. The first kappa shape index (κ1) is 15.7. The van der Waals surface area contributed by atoms with Crippen LogP contribution in [0.2, 0.25) is 0 Å². The molecule has 0 saturated heterocycles. The topological polar surface area (TPSA) is 93.1 Å². The number of esters is 2. The van der Waals surface area contributed by atoms with Crippen molar-refractivity contribution in [3.8, 4) is 0 Å². The van der Waals surface area contributed by atoms with Crippen molar-refractivity contribution < 1.29 is 29.3 Å². The summed E-state index contributed by atoms with van der Waals surface area (Å²) in [6.07, 6.45) is 6.50. The smallest absolute Gasteiger partial charge is 0.344 e. The second-order valence-electron chi connectivity index (χ2n) is 7.60. The first-order valence-corrected chi connectivity index (χ1v) is 8.01. The second-order valence-corrected chi connectivity index (χ2v) is 7.60. The van der Waals surface area contributed by atoms with Crippen LogP contribution in [-0.4, -0.2) is 48.6 Å². The maximum absolute atomic E-state index is 11.7. The van der Waals surface area contributed by atoms with Crippen molar-refractivity contribution in [2.75, 3.05) is 26.4 Å². The van der Waals surface area contributed by atoms with E-state index in [0.29, 0.717) is 18.4 Å². The van der Waals surface area contributed by atoms with Gasteiger partial charge in [-0.1, -0.05) is 0 Å². The zero-order valence-corrected chi connectivity index (χ0v) is 12.8. The van der Waals surface area contributed by atoms with Crippen molar-refractivity contribution in [3.63, 3.8) is 0 Å². The first-order chi connectivity index (χ1) is 10.5. The molecule has 4 aliphatic carbocycles. The van der Waals surface area contributed by atoms with Crippen LogP contribution in [0.4, 0.5) is 0 Å². The van der Waals surface area contributed by atoms with Gasteiger partial charge in [0.15, 0.2) is 6.61 Å². The molecule has 4 bridgehead atoms. The van der Waals surface area contributed by atoms with Crippen molar-refractivity contribution in [2.45, 2.75) is 38.5 Å². The first-order valence-electron chi connectivity index (χ1n) is 8.01. The van der Waals surface area contributed by atoms with Crippen LogP contribution in [0.5, 0.6) is 0 Å². The summed E-state index contributed by atoms with van der Waals surface area (Å²) in [5, 5.41) is 18.3. The third-order valence-electron chi connectivity index (χ3n) is 5.66. The van der Waals surface area contributed by atoms with E-state index in [-0.39, 0.29) is 17.4 Å². The van der Waals surface area contributed by atoms with E-state index in [4.69, 9.17) is 9.84 Å². The predicted molar refractivity (Wildman–Crippen MR) is 75.6 cm³/mol. The summed E-state index contributed by atoms with van der Waals surface area (Å²) < 4.78 is 9.89. The normalized spacial score (nSPS) is 38.8. The maximum atomic E-state index is 11.7. The molecule has 22 heavy (non-hydrogen) atoms. The molecule has 2 unspecified atom stereocenters. The molecule has 2 N–H and O–H groups in total. The Bertz CT molecular complexity index is 446. The highest BCUT2D eigenvalue weighted by atomic mass is 16.6. The molecular weight excluding hydrogens is 288 g/mol. The van der Waals surface area contributed by atoms with Crippen LogP contribution in [-0.2, 0) is 19.1 Å². The number of hydrogen-bond acceptors (Lipinski definition) is 6. The Hall–Kier alpha value is -1.14. The van der Waals surface area contributed by atoms with Gasteiger partial charge in [-0.05, 0) is 55.8 Å². The maximum Gasteiger partial charge on any atom is 0.344 e. The molecule has 0 aromatic rings. The number of hydrogen-bond donors (Lipinski definition) is 2. The van der Waals surface area contributed by atoms with Crippen molar-refractivity contribution in [3.05, 3.63) is 0 Å². The average Bonchev–Trinajstić information content (AvgIpc) is 2.49. The van der Waals surface area contributed by atoms with E-state index in [1.54, 1.807) is 0 Å². The Labute approximate surface area is 129 Å². The van der Waals surface area contributed by atoms with Crippen LogP contribution in [0, 0.1) is 22.7 Å². The molecule has 0 aliphatic heterocycles. The molecule has 4 fully saturated rings. The van der Waals surface area contributed by atoms with E-state index in [0.717, 1.165) is 32.1 Å². The molecule has 0 spiro atoms. The van der Waals surface area contributed by atoms with E-state index >= 15 is 0 Å². The Morgan fingerprint density at radius 1 is 0.955 bits per heavy atom. The molecule has 4 saturated carbocycles. The highest BCUT2D eigenvalue weighted by Gasteiger charge is 2.57. The Kier molecular flexibility index (Phi) is 4.16. The lowest BCUT2D eigenvalue weighted by atomic mass is 9.44. The molecule has 0 heterocycles. The molecule has 0 aromatic carbocycles. The molecule has 6 heteroatoms. The molecule has 4 aliphatic rings. The van der Waals surface area contributed by atoms with Gasteiger partial charge in [0.05, 0.1) is 6.61 Å². The van der Waals surface area contributed by atoms with E-state index in [1.807, 2.05) is 0 Å². The molecule has 6 nitrogen and oxygen atoms in total. The number of carbonyl (C=O) groups is 2. The number of carbonyl (C=O) groups excluding carboxylic acids is 2. The predicted octanol–water partition coefficient (Wildman–Crippen LogP) is 0.644. The van der Waals surface area contributed by atoms with Gasteiger partial charge in [-0.25, -0.2) is 9.59 Å². The molecular formula is C16H24O6. The van der Waals surface area contributed by atoms with Crippen LogP contribution in [0.25, 0.3) is 0 Å². The van der Waals surface area contributed by atoms with Gasteiger partial charge in [-0.15, -0.1) is 0 Å². The van der Waals surface area contributed by atoms with Crippen molar-refractivity contribution in [1.82, 2.24) is 0 Å². The van der Waals surface area contributed by atoms with Crippen LogP contribution in [0.3, 0.4) is 0 Å². The summed E-state index contributed by atoms with van der Waals surface area (Å²) in [5.74, 6) is -0.125. The lowest BCUT2D eigenvalue weighted by molar-refractivity contribution is -0.175. The highest BCUT2D eigenvalue weighted by Crippen LogP contribution is 2.65. The van der Waals surface area contributed by atoms with E-state index in [9.17, 15) is 14.7 Å². The minimum atomic E-state index is -0.828. The van der Waals surface area contributed by atoms with Crippen LogP contribution in [0.15, 0.2) is 0 Å². The monoisotopic (exact) mass is 312 g/mol. The van der Waals surface area contributed by atoms with Crippen LogP contribution < -0.4 is 0 Å². The van der Waals surface area contributed by atoms with E-state index in [1.165, 1.54) is 6.42 Å². The zero-order chi connectivity index (χ0) is 15.8. The van der Waals surface area contributed by atoms with Gasteiger partial charge >= 0.3 is 11.9 Å². The molecule has 124 valence electrons. The summed E-state index contributed by atoms with van der Waals surface area (Å²) in [6, 6.07) is 0.